The molecule has 1 aromatic heterocycles. The topological polar surface area (TPSA) is 67.6 Å². The van der Waals surface area contributed by atoms with Gasteiger partial charge in [-0.2, -0.15) is 0 Å². The van der Waals surface area contributed by atoms with E-state index in [9.17, 15) is 4.79 Å². The number of benzene rings is 1. The van der Waals surface area contributed by atoms with Gasteiger partial charge in [-0.15, -0.1) is 0 Å². The van der Waals surface area contributed by atoms with Crippen molar-refractivity contribution >= 4 is 5.91 Å². The highest BCUT2D eigenvalue weighted by Gasteiger charge is 2.17. The Morgan fingerprint density at radius 3 is 2.86 bits per heavy atom. The summed E-state index contributed by atoms with van der Waals surface area (Å²) < 4.78 is 10.1. The Morgan fingerprint density at radius 2 is 2.18 bits per heavy atom. The second-order valence-corrected chi connectivity index (χ2v) is 5.10. The molecule has 1 amide bonds. The van der Waals surface area contributed by atoms with Crippen molar-refractivity contribution in [2.45, 2.75) is 19.5 Å². The first-order chi connectivity index (χ1) is 10.6. The summed E-state index contributed by atoms with van der Waals surface area (Å²) in [6.07, 6.45) is 1.53. The summed E-state index contributed by atoms with van der Waals surface area (Å²) in [6.45, 7) is 2.70. The average molecular weight is 303 g/mol. The lowest BCUT2D eigenvalue weighted by molar-refractivity contribution is -0.122. The third kappa shape index (κ3) is 4.08. The molecule has 1 unspecified atom stereocenters. The van der Waals surface area contributed by atoms with E-state index in [0.717, 1.165) is 17.0 Å². The maximum atomic E-state index is 12.1. The molecule has 22 heavy (non-hydrogen) atoms. The minimum atomic E-state index is -0.0521. The van der Waals surface area contributed by atoms with E-state index in [-0.39, 0.29) is 18.5 Å². The fourth-order valence-corrected chi connectivity index (χ4v) is 2.13. The van der Waals surface area contributed by atoms with Crippen LogP contribution in [-0.4, -0.2) is 36.7 Å². The molecule has 118 valence electrons. The van der Waals surface area contributed by atoms with Gasteiger partial charge in [0.15, 0.2) is 0 Å². The van der Waals surface area contributed by atoms with Crippen LogP contribution in [0.25, 0.3) is 0 Å². The van der Waals surface area contributed by atoms with Crippen molar-refractivity contribution in [3.05, 3.63) is 47.9 Å². The van der Waals surface area contributed by atoms with Crippen molar-refractivity contribution in [3.63, 3.8) is 0 Å². The van der Waals surface area contributed by atoms with E-state index in [1.54, 1.807) is 13.2 Å². The monoisotopic (exact) mass is 303 g/mol. The molecule has 1 N–H and O–H groups in total. The number of para-hydroxylation sites is 1. The van der Waals surface area contributed by atoms with Gasteiger partial charge < -0.3 is 14.6 Å². The average Bonchev–Trinajstić information content (AvgIpc) is 3.06. The number of hydrogen-bond donors (Lipinski definition) is 1. The van der Waals surface area contributed by atoms with E-state index in [4.69, 9.17) is 9.26 Å². The van der Waals surface area contributed by atoms with Gasteiger partial charge in [0.25, 0.3) is 0 Å². The van der Waals surface area contributed by atoms with Crippen LogP contribution in [0.4, 0.5) is 0 Å². The van der Waals surface area contributed by atoms with E-state index in [0.29, 0.717) is 6.54 Å². The third-order valence-electron chi connectivity index (χ3n) is 3.61. The SMILES string of the molecule is COc1ccccc1CNC(=O)CN(C)C(C)c1ccon1. The number of carbonyl (C=O) groups excluding carboxylic acids is 1. The standard InChI is InChI=1S/C16H21N3O3/c1-12(14-8-9-22-18-14)19(2)11-16(20)17-10-13-6-4-5-7-15(13)21-3/h4-9,12H,10-11H2,1-3H3,(H,17,20). The molecule has 1 atom stereocenters. The van der Waals surface area contributed by atoms with Crippen LogP contribution in [0.3, 0.4) is 0 Å². The van der Waals surface area contributed by atoms with Gasteiger partial charge >= 0.3 is 0 Å². The first kappa shape index (κ1) is 16.0. The summed E-state index contributed by atoms with van der Waals surface area (Å²) in [5.41, 5.74) is 1.76. The van der Waals surface area contributed by atoms with Crippen LogP contribution in [0.2, 0.25) is 0 Å². The summed E-state index contributed by atoms with van der Waals surface area (Å²) in [4.78, 5) is 14.0. The largest absolute Gasteiger partial charge is 0.496 e. The second-order valence-electron chi connectivity index (χ2n) is 5.10. The zero-order valence-corrected chi connectivity index (χ0v) is 13.1. The maximum absolute atomic E-state index is 12.1. The Bertz CT molecular complexity index is 598. The van der Waals surface area contributed by atoms with Gasteiger partial charge in [-0.3, -0.25) is 9.69 Å². The highest BCUT2D eigenvalue weighted by Crippen LogP contribution is 2.17. The first-order valence-corrected chi connectivity index (χ1v) is 7.11. The lowest BCUT2D eigenvalue weighted by atomic mass is 10.2. The van der Waals surface area contributed by atoms with E-state index in [2.05, 4.69) is 10.5 Å². The zero-order chi connectivity index (χ0) is 15.9. The van der Waals surface area contributed by atoms with Crippen molar-refractivity contribution < 1.29 is 14.1 Å². The number of carbonyl (C=O) groups is 1. The highest BCUT2D eigenvalue weighted by atomic mass is 16.5. The van der Waals surface area contributed by atoms with Crippen molar-refractivity contribution in [2.24, 2.45) is 0 Å². The molecular formula is C16H21N3O3. The number of rotatable bonds is 7. The minimum Gasteiger partial charge on any atom is -0.496 e. The number of hydrogen-bond acceptors (Lipinski definition) is 5. The smallest absolute Gasteiger partial charge is 0.234 e. The van der Waals surface area contributed by atoms with Crippen LogP contribution in [0.5, 0.6) is 5.75 Å². The van der Waals surface area contributed by atoms with Crippen molar-refractivity contribution in [2.75, 3.05) is 20.7 Å². The summed E-state index contributed by atoms with van der Waals surface area (Å²) in [6, 6.07) is 9.44. The molecule has 0 aliphatic rings. The molecule has 0 radical (unpaired) electrons. The number of amides is 1. The Morgan fingerprint density at radius 1 is 1.41 bits per heavy atom. The molecule has 1 aromatic carbocycles. The van der Waals surface area contributed by atoms with Gasteiger partial charge in [0, 0.05) is 18.2 Å². The predicted molar refractivity (Wildman–Crippen MR) is 82.4 cm³/mol. The minimum absolute atomic E-state index is 0.00996. The second kappa shape index (κ2) is 7.61. The Hall–Kier alpha value is -2.34. The Balaban J connectivity index is 1.85. The Kier molecular flexibility index (Phi) is 5.55. The van der Waals surface area contributed by atoms with Crippen LogP contribution >= 0.6 is 0 Å². The highest BCUT2D eigenvalue weighted by molar-refractivity contribution is 5.78. The molecule has 0 spiro atoms. The number of likely N-dealkylation sites (N-methyl/N-ethyl adjacent to an activating group) is 1. The normalized spacial score (nSPS) is 12.2. The lowest BCUT2D eigenvalue weighted by Gasteiger charge is -2.22. The van der Waals surface area contributed by atoms with E-state index in [1.807, 2.05) is 43.1 Å². The molecule has 1 heterocycles. The van der Waals surface area contributed by atoms with Gasteiger partial charge in [0.05, 0.1) is 19.7 Å². The van der Waals surface area contributed by atoms with Crippen molar-refractivity contribution in [3.8, 4) is 5.75 Å². The number of nitrogens with zero attached hydrogens (tertiary/aromatic N) is 2. The van der Waals surface area contributed by atoms with E-state index >= 15 is 0 Å². The first-order valence-electron chi connectivity index (χ1n) is 7.11. The van der Waals surface area contributed by atoms with E-state index in [1.165, 1.54) is 6.26 Å². The number of ether oxygens (including phenoxy) is 1. The van der Waals surface area contributed by atoms with Gasteiger partial charge in [-0.25, -0.2) is 0 Å². The van der Waals surface area contributed by atoms with Crippen LogP contribution in [0.15, 0.2) is 41.1 Å². The fraction of sp³-hybridized carbons (Fsp3) is 0.375. The molecule has 2 aromatic rings. The fourth-order valence-electron chi connectivity index (χ4n) is 2.13. The third-order valence-corrected chi connectivity index (χ3v) is 3.61. The van der Waals surface area contributed by atoms with Crippen molar-refractivity contribution in [1.82, 2.24) is 15.4 Å². The molecule has 0 aliphatic carbocycles. The summed E-state index contributed by atoms with van der Waals surface area (Å²) in [5, 5.41) is 6.80. The molecule has 0 saturated heterocycles. The predicted octanol–water partition coefficient (Wildman–Crippen LogP) is 1.99. The number of aromatic nitrogens is 1. The van der Waals surface area contributed by atoms with Crippen LogP contribution in [0.1, 0.15) is 24.2 Å². The molecule has 0 bridgehead atoms. The van der Waals surface area contributed by atoms with Gasteiger partial charge in [0.2, 0.25) is 5.91 Å². The molecule has 6 heteroatoms. The quantitative estimate of drug-likeness (QED) is 0.847. The van der Waals surface area contributed by atoms with Crippen LogP contribution in [-0.2, 0) is 11.3 Å². The summed E-state index contributed by atoms with van der Waals surface area (Å²) >= 11 is 0. The molecule has 0 saturated carbocycles. The van der Waals surface area contributed by atoms with E-state index < -0.39 is 0 Å². The molecule has 6 nitrogen and oxygen atoms in total. The van der Waals surface area contributed by atoms with Gasteiger partial charge in [-0.05, 0) is 20.0 Å². The lowest BCUT2D eigenvalue weighted by Crippen LogP contribution is -2.36. The number of nitrogens with one attached hydrogen (secondary N) is 1. The van der Waals surface area contributed by atoms with Crippen molar-refractivity contribution in [1.29, 1.82) is 0 Å². The van der Waals surface area contributed by atoms with Crippen LogP contribution in [0, 0.1) is 0 Å². The molecule has 2 rings (SSSR count). The molecule has 0 aliphatic heterocycles. The number of methoxy groups -OCH3 is 1. The summed E-state index contributed by atoms with van der Waals surface area (Å²) in [7, 11) is 3.50. The zero-order valence-electron chi connectivity index (χ0n) is 13.1. The molecule has 0 fully saturated rings. The van der Waals surface area contributed by atoms with Gasteiger partial charge in [0.1, 0.15) is 17.7 Å². The molecular weight excluding hydrogens is 282 g/mol. The summed E-state index contributed by atoms with van der Waals surface area (Å²) in [5.74, 6) is 0.718. The van der Waals surface area contributed by atoms with Gasteiger partial charge in [-0.1, -0.05) is 23.4 Å². The Labute approximate surface area is 130 Å². The van der Waals surface area contributed by atoms with Crippen LogP contribution < -0.4 is 10.1 Å². The maximum Gasteiger partial charge on any atom is 0.234 e.